The van der Waals surface area contributed by atoms with Gasteiger partial charge in [-0.05, 0) is 26.8 Å². The highest BCUT2D eigenvalue weighted by Crippen LogP contribution is 2.15. The Kier molecular flexibility index (Phi) is 6.43. The number of rotatable bonds is 6. The first-order valence-electron chi connectivity index (χ1n) is 7.69. The number of likely N-dealkylation sites (N-methyl/N-ethyl adjacent to an activating group) is 1. The zero-order valence-electron chi connectivity index (χ0n) is 13.8. The fourth-order valence-electron chi connectivity index (χ4n) is 2.47. The van der Waals surface area contributed by atoms with Crippen LogP contribution in [0.25, 0.3) is 0 Å². The van der Waals surface area contributed by atoms with Gasteiger partial charge in [-0.2, -0.15) is 0 Å². The first-order valence-corrected chi connectivity index (χ1v) is 7.69. The molecule has 1 aliphatic rings. The van der Waals surface area contributed by atoms with Crippen LogP contribution in [0.1, 0.15) is 27.7 Å². The predicted molar refractivity (Wildman–Crippen MR) is 83.5 cm³/mol. The molecule has 1 atom stereocenters. The van der Waals surface area contributed by atoms with Gasteiger partial charge in [0.25, 0.3) is 0 Å². The van der Waals surface area contributed by atoms with Crippen molar-refractivity contribution in [1.29, 1.82) is 0 Å². The second-order valence-corrected chi connectivity index (χ2v) is 6.95. The van der Waals surface area contributed by atoms with Crippen molar-refractivity contribution in [2.75, 3.05) is 46.3 Å². The lowest BCUT2D eigenvalue weighted by Crippen LogP contribution is -2.55. The van der Waals surface area contributed by atoms with Gasteiger partial charge >= 0.3 is 0 Å². The average molecular weight is 284 g/mol. The zero-order chi connectivity index (χ0) is 15.3. The molecule has 20 heavy (non-hydrogen) atoms. The molecule has 0 aromatic heterocycles. The molecule has 1 heterocycles. The number of nitrogens with zero attached hydrogens (tertiary/aromatic N) is 2. The number of hydrogen-bond donors (Lipinski definition) is 2. The van der Waals surface area contributed by atoms with Crippen LogP contribution < -0.4 is 11.1 Å². The van der Waals surface area contributed by atoms with Gasteiger partial charge in [0.05, 0.1) is 5.41 Å². The van der Waals surface area contributed by atoms with Crippen molar-refractivity contribution in [3.63, 3.8) is 0 Å². The maximum absolute atomic E-state index is 12.1. The van der Waals surface area contributed by atoms with E-state index in [-0.39, 0.29) is 5.91 Å². The molecule has 0 aromatic carbocycles. The van der Waals surface area contributed by atoms with E-state index in [0.717, 1.165) is 26.2 Å². The second-order valence-electron chi connectivity index (χ2n) is 6.95. The van der Waals surface area contributed by atoms with E-state index in [4.69, 9.17) is 5.73 Å². The summed E-state index contributed by atoms with van der Waals surface area (Å²) < 4.78 is 0. The minimum atomic E-state index is -0.482. The lowest BCUT2D eigenvalue weighted by Gasteiger charge is -2.40. The lowest BCUT2D eigenvalue weighted by atomic mass is 9.92. The normalized spacial score (nSPS) is 20.1. The van der Waals surface area contributed by atoms with E-state index in [2.05, 4.69) is 36.0 Å². The molecule has 1 fully saturated rings. The van der Waals surface area contributed by atoms with E-state index in [9.17, 15) is 4.79 Å². The van der Waals surface area contributed by atoms with Crippen LogP contribution in [-0.4, -0.2) is 68.1 Å². The molecule has 1 unspecified atom stereocenters. The molecule has 0 spiro atoms. The van der Waals surface area contributed by atoms with E-state index in [1.165, 1.54) is 0 Å². The van der Waals surface area contributed by atoms with Crippen LogP contribution in [0.5, 0.6) is 0 Å². The van der Waals surface area contributed by atoms with Gasteiger partial charge in [-0.1, -0.05) is 13.8 Å². The largest absolute Gasteiger partial charge is 0.354 e. The second kappa shape index (κ2) is 7.38. The molecule has 118 valence electrons. The van der Waals surface area contributed by atoms with Crippen LogP contribution in [0.4, 0.5) is 0 Å². The molecule has 0 aromatic rings. The maximum atomic E-state index is 12.1. The Bertz CT molecular complexity index is 309. The summed E-state index contributed by atoms with van der Waals surface area (Å²) in [5.74, 6) is 0.583. The quantitative estimate of drug-likeness (QED) is 0.739. The van der Waals surface area contributed by atoms with Crippen molar-refractivity contribution in [3.05, 3.63) is 0 Å². The Labute approximate surface area is 123 Å². The van der Waals surface area contributed by atoms with E-state index in [0.29, 0.717) is 25.0 Å². The third kappa shape index (κ3) is 4.72. The molecule has 1 saturated heterocycles. The smallest absolute Gasteiger partial charge is 0.226 e. The molecule has 0 saturated carbocycles. The SMILES string of the molecule is CC(C)C(CNC(=O)C(C)(C)CN)N1CCN(C)CC1. The summed E-state index contributed by atoms with van der Waals surface area (Å²) in [5.41, 5.74) is 5.17. The van der Waals surface area contributed by atoms with Gasteiger partial charge in [0.1, 0.15) is 0 Å². The molecule has 0 aliphatic carbocycles. The molecule has 5 nitrogen and oxygen atoms in total. The Morgan fingerprint density at radius 3 is 2.25 bits per heavy atom. The van der Waals surface area contributed by atoms with Crippen molar-refractivity contribution in [3.8, 4) is 0 Å². The molecule has 3 N–H and O–H groups in total. The number of carbonyl (C=O) groups is 1. The van der Waals surface area contributed by atoms with Crippen molar-refractivity contribution in [2.24, 2.45) is 17.1 Å². The van der Waals surface area contributed by atoms with Crippen LogP contribution in [-0.2, 0) is 4.79 Å². The number of nitrogens with one attached hydrogen (secondary N) is 1. The highest BCUT2D eigenvalue weighted by molar-refractivity contribution is 5.82. The summed E-state index contributed by atoms with van der Waals surface area (Å²) in [7, 11) is 2.16. The number of hydrogen-bond acceptors (Lipinski definition) is 4. The molecular weight excluding hydrogens is 252 g/mol. The van der Waals surface area contributed by atoms with E-state index < -0.39 is 5.41 Å². The van der Waals surface area contributed by atoms with E-state index >= 15 is 0 Å². The third-order valence-electron chi connectivity index (χ3n) is 4.37. The van der Waals surface area contributed by atoms with Crippen molar-refractivity contribution < 1.29 is 4.79 Å². The fourth-order valence-corrected chi connectivity index (χ4v) is 2.47. The Balaban J connectivity index is 2.54. The predicted octanol–water partition coefficient (Wildman–Crippen LogP) is 0.360. The summed E-state index contributed by atoms with van der Waals surface area (Å²) in [5, 5.41) is 3.09. The van der Waals surface area contributed by atoms with Crippen molar-refractivity contribution in [2.45, 2.75) is 33.7 Å². The number of nitrogens with two attached hydrogens (primary N) is 1. The van der Waals surface area contributed by atoms with E-state index in [1.807, 2.05) is 13.8 Å². The monoisotopic (exact) mass is 284 g/mol. The Morgan fingerprint density at radius 2 is 1.80 bits per heavy atom. The Morgan fingerprint density at radius 1 is 1.25 bits per heavy atom. The fraction of sp³-hybridized carbons (Fsp3) is 0.933. The van der Waals surface area contributed by atoms with Crippen LogP contribution in [0, 0.1) is 11.3 Å². The molecule has 0 radical (unpaired) electrons. The standard InChI is InChI=1S/C15H32N4O/c1-12(2)13(19-8-6-18(5)7-9-19)10-17-14(20)15(3,4)11-16/h12-13H,6-11,16H2,1-5H3,(H,17,20). The highest BCUT2D eigenvalue weighted by atomic mass is 16.2. The molecular formula is C15H32N4O. The molecule has 0 bridgehead atoms. The lowest BCUT2D eigenvalue weighted by molar-refractivity contribution is -0.129. The number of amides is 1. The first kappa shape index (κ1) is 17.4. The number of piperazine rings is 1. The minimum Gasteiger partial charge on any atom is -0.354 e. The van der Waals surface area contributed by atoms with Crippen LogP contribution in [0.3, 0.4) is 0 Å². The topological polar surface area (TPSA) is 61.6 Å². The average Bonchev–Trinajstić information content (AvgIpc) is 2.40. The zero-order valence-corrected chi connectivity index (χ0v) is 13.8. The van der Waals surface area contributed by atoms with Gasteiger partial charge in [-0.3, -0.25) is 9.69 Å². The minimum absolute atomic E-state index is 0.0553. The molecule has 5 heteroatoms. The Hall–Kier alpha value is -0.650. The van der Waals surface area contributed by atoms with Gasteiger partial charge in [0, 0.05) is 45.3 Å². The summed E-state index contributed by atoms with van der Waals surface area (Å²) in [4.78, 5) is 17.0. The van der Waals surface area contributed by atoms with Gasteiger partial charge in [0.15, 0.2) is 0 Å². The molecule has 1 amide bonds. The first-order chi connectivity index (χ1) is 9.27. The van der Waals surface area contributed by atoms with Crippen molar-refractivity contribution >= 4 is 5.91 Å². The van der Waals surface area contributed by atoms with Gasteiger partial charge < -0.3 is 16.0 Å². The van der Waals surface area contributed by atoms with Gasteiger partial charge in [0.2, 0.25) is 5.91 Å². The molecule has 1 rings (SSSR count). The van der Waals surface area contributed by atoms with Crippen LogP contribution in [0.2, 0.25) is 0 Å². The number of carbonyl (C=O) groups excluding carboxylic acids is 1. The van der Waals surface area contributed by atoms with Gasteiger partial charge in [-0.25, -0.2) is 0 Å². The molecule has 1 aliphatic heterocycles. The maximum Gasteiger partial charge on any atom is 0.226 e. The summed E-state index contributed by atoms with van der Waals surface area (Å²) >= 11 is 0. The van der Waals surface area contributed by atoms with Crippen LogP contribution in [0.15, 0.2) is 0 Å². The van der Waals surface area contributed by atoms with E-state index in [1.54, 1.807) is 0 Å². The highest BCUT2D eigenvalue weighted by Gasteiger charge is 2.29. The van der Waals surface area contributed by atoms with Crippen molar-refractivity contribution in [1.82, 2.24) is 15.1 Å². The summed E-state index contributed by atoms with van der Waals surface area (Å²) in [6.07, 6.45) is 0. The van der Waals surface area contributed by atoms with Crippen LogP contribution >= 0.6 is 0 Å². The summed E-state index contributed by atoms with van der Waals surface area (Å²) in [6, 6.07) is 0.404. The summed E-state index contributed by atoms with van der Waals surface area (Å²) in [6.45, 7) is 13.7. The third-order valence-corrected chi connectivity index (χ3v) is 4.37. The van der Waals surface area contributed by atoms with Gasteiger partial charge in [-0.15, -0.1) is 0 Å².